The Bertz CT molecular complexity index is 613. The molecule has 1 heterocycles. The van der Waals surface area contributed by atoms with Crippen molar-refractivity contribution in [1.82, 2.24) is 10.0 Å². The van der Waals surface area contributed by atoms with Crippen molar-refractivity contribution in [2.75, 3.05) is 32.7 Å². The van der Waals surface area contributed by atoms with E-state index in [9.17, 15) is 13.2 Å². The molecule has 1 aliphatic rings. The Balaban J connectivity index is 1.66. The van der Waals surface area contributed by atoms with Gasteiger partial charge in [0.25, 0.3) is 0 Å². The maximum absolute atomic E-state index is 12.1. The molecule has 1 aromatic carbocycles. The molecule has 0 aliphatic carbocycles. The Morgan fingerprint density at radius 3 is 2.43 bits per heavy atom. The molecule has 0 spiro atoms. The molecule has 0 atom stereocenters. The van der Waals surface area contributed by atoms with Crippen molar-refractivity contribution in [2.45, 2.75) is 24.2 Å². The van der Waals surface area contributed by atoms with Gasteiger partial charge in [-0.2, -0.15) is 0 Å². The molecular formula is C15H23BrN3O3S+. The molecule has 0 bridgehead atoms. The highest BCUT2D eigenvalue weighted by atomic mass is 79.9. The molecule has 2 rings (SSSR count). The lowest BCUT2D eigenvalue weighted by Gasteiger charge is -2.12. The van der Waals surface area contributed by atoms with Crippen LogP contribution in [0.25, 0.3) is 0 Å². The lowest BCUT2D eigenvalue weighted by Crippen LogP contribution is -3.10. The minimum absolute atomic E-state index is 0.0980. The van der Waals surface area contributed by atoms with Crippen LogP contribution in [0.2, 0.25) is 0 Å². The zero-order chi connectivity index (χ0) is 16.7. The van der Waals surface area contributed by atoms with Gasteiger partial charge in [-0.15, -0.1) is 0 Å². The molecule has 6 nitrogen and oxygen atoms in total. The quantitative estimate of drug-likeness (QED) is 0.566. The lowest BCUT2D eigenvalue weighted by molar-refractivity contribution is -0.886. The summed E-state index contributed by atoms with van der Waals surface area (Å²) in [6.07, 6.45) is 2.67. The summed E-state index contributed by atoms with van der Waals surface area (Å²) >= 11 is 3.26. The van der Waals surface area contributed by atoms with Gasteiger partial charge in [0.15, 0.2) is 0 Å². The Hall–Kier alpha value is -0.960. The van der Waals surface area contributed by atoms with Gasteiger partial charge in [0.1, 0.15) is 0 Å². The fraction of sp³-hybridized carbons (Fsp3) is 0.533. The van der Waals surface area contributed by atoms with Crippen molar-refractivity contribution in [1.29, 1.82) is 0 Å². The monoisotopic (exact) mass is 404 g/mol. The number of sulfonamides is 1. The average Bonchev–Trinajstić information content (AvgIpc) is 3.01. The Labute approximate surface area is 145 Å². The van der Waals surface area contributed by atoms with Crippen LogP contribution in [0.1, 0.15) is 19.3 Å². The molecule has 1 aromatic rings. The number of benzene rings is 1. The number of hydrogen-bond donors (Lipinski definition) is 3. The summed E-state index contributed by atoms with van der Waals surface area (Å²) in [5, 5.41) is 2.84. The van der Waals surface area contributed by atoms with E-state index in [1.165, 1.54) is 43.0 Å². The molecule has 1 aliphatic heterocycles. The smallest absolute Gasteiger partial charge is 0.240 e. The molecule has 0 aromatic heterocycles. The Morgan fingerprint density at radius 1 is 1.13 bits per heavy atom. The normalized spacial score (nSPS) is 15.7. The minimum Gasteiger partial charge on any atom is -0.350 e. The SMILES string of the molecule is O=C(CCNS(=O)(=O)c1ccc(Br)cc1)NCC[NH+]1CCCC1. The number of nitrogens with one attached hydrogen (secondary N) is 3. The van der Waals surface area contributed by atoms with Gasteiger partial charge in [0.05, 0.1) is 31.1 Å². The van der Waals surface area contributed by atoms with Gasteiger partial charge in [-0.3, -0.25) is 4.79 Å². The van der Waals surface area contributed by atoms with E-state index in [4.69, 9.17) is 0 Å². The first-order valence-electron chi connectivity index (χ1n) is 7.83. The second kappa shape index (κ2) is 8.77. The summed E-state index contributed by atoms with van der Waals surface area (Å²) in [5.74, 6) is -0.123. The van der Waals surface area contributed by atoms with E-state index in [2.05, 4.69) is 26.0 Å². The topological polar surface area (TPSA) is 79.7 Å². The molecule has 3 N–H and O–H groups in total. The van der Waals surface area contributed by atoms with Crippen molar-refractivity contribution in [3.05, 3.63) is 28.7 Å². The summed E-state index contributed by atoms with van der Waals surface area (Å²) < 4.78 is 27.4. The number of carbonyl (C=O) groups excluding carboxylic acids is 1. The van der Waals surface area contributed by atoms with E-state index in [0.717, 1.165) is 11.0 Å². The third-order valence-corrected chi connectivity index (χ3v) is 5.89. The highest BCUT2D eigenvalue weighted by Gasteiger charge is 2.16. The van der Waals surface area contributed by atoms with Crippen LogP contribution in [0.15, 0.2) is 33.6 Å². The summed E-state index contributed by atoms with van der Waals surface area (Å²) in [4.78, 5) is 13.4. The zero-order valence-electron chi connectivity index (χ0n) is 13.0. The lowest BCUT2D eigenvalue weighted by atomic mass is 10.4. The number of quaternary nitrogens is 1. The number of rotatable bonds is 8. The predicted octanol–water partition coefficient (Wildman–Crippen LogP) is -0.0876. The zero-order valence-corrected chi connectivity index (χ0v) is 15.4. The van der Waals surface area contributed by atoms with Crippen LogP contribution in [0.5, 0.6) is 0 Å². The van der Waals surface area contributed by atoms with E-state index in [0.29, 0.717) is 6.54 Å². The fourth-order valence-electron chi connectivity index (χ4n) is 2.59. The number of carbonyl (C=O) groups is 1. The van der Waals surface area contributed by atoms with E-state index in [-0.39, 0.29) is 23.8 Å². The van der Waals surface area contributed by atoms with Gasteiger partial charge in [0, 0.05) is 30.3 Å². The third-order valence-electron chi connectivity index (χ3n) is 3.88. The van der Waals surface area contributed by atoms with E-state index >= 15 is 0 Å². The van der Waals surface area contributed by atoms with Crippen LogP contribution >= 0.6 is 15.9 Å². The summed E-state index contributed by atoms with van der Waals surface area (Å²) in [6.45, 7) is 4.05. The molecule has 128 valence electrons. The average molecular weight is 405 g/mol. The standard InChI is InChI=1S/C15H22BrN3O3S/c16-13-3-5-14(6-4-13)23(21,22)18-8-7-15(20)17-9-12-19-10-1-2-11-19/h3-6,18H,1-2,7-12H2,(H,17,20)/p+1. The molecule has 8 heteroatoms. The van der Waals surface area contributed by atoms with Crippen LogP contribution in [-0.2, 0) is 14.8 Å². The summed E-state index contributed by atoms with van der Waals surface area (Å²) in [6, 6.07) is 6.38. The summed E-state index contributed by atoms with van der Waals surface area (Å²) in [5.41, 5.74) is 0. The molecule has 1 saturated heterocycles. The fourth-order valence-corrected chi connectivity index (χ4v) is 3.88. The van der Waals surface area contributed by atoms with Gasteiger partial charge in [0.2, 0.25) is 15.9 Å². The highest BCUT2D eigenvalue weighted by molar-refractivity contribution is 9.10. The van der Waals surface area contributed by atoms with Crippen LogP contribution in [0, 0.1) is 0 Å². The van der Waals surface area contributed by atoms with E-state index < -0.39 is 10.0 Å². The molecule has 0 unspecified atom stereocenters. The first-order chi connectivity index (χ1) is 11.0. The Kier molecular flexibility index (Phi) is 7.01. The van der Waals surface area contributed by atoms with Gasteiger partial charge < -0.3 is 10.2 Å². The summed E-state index contributed by atoms with van der Waals surface area (Å²) in [7, 11) is -3.56. The van der Waals surface area contributed by atoms with Gasteiger partial charge in [-0.25, -0.2) is 13.1 Å². The first-order valence-corrected chi connectivity index (χ1v) is 10.1. The van der Waals surface area contributed by atoms with Crippen LogP contribution in [0.4, 0.5) is 0 Å². The number of hydrogen-bond acceptors (Lipinski definition) is 3. The number of halogens is 1. The van der Waals surface area contributed by atoms with Crippen LogP contribution < -0.4 is 14.9 Å². The van der Waals surface area contributed by atoms with Crippen molar-refractivity contribution in [3.8, 4) is 0 Å². The van der Waals surface area contributed by atoms with Gasteiger partial charge in [-0.1, -0.05) is 15.9 Å². The number of likely N-dealkylation sites (tertiary alicyclic amines) is 1. The van der Waals surface area contributed by atoms with Crippen molar-refractivity contribution < 1.29 is 18.1 Å². The molecule has 1 amide bonds. The molecule has 0 radical (unpaired) electrons. The molecule has 23 heavy (non-hydrogen) atoms. The highest BCUT2D eigenvalue weighted by Crippen LogP contribution is 2.14. The van der Waals surface area contributed by atoms with E-state index in [1.54, 1.807) is 12.1 Å². The maximum Gasteiger partial charge on any atom is 0.240 e. The second-order valence-corrected chi connectivity index (χ2v) is 8.34. The number of amides is 1. The van der Waals surface area contributed by atoms with Gasteiger partial charge in [-0.05, 0) is 24.3 Å². The molecule has 1 fully saturated rings. The van der Waals surface area contributed by atoms with Crippen molar-refractivity contribution in [2.24, 2.45) is 0 Å². The largest absolute Gasteiger partial charge is 0.350 e. The third kappa shape index (κ3) is 6.21. The predicted molar refractivity (Wildman–Crippen MR) is 91.8 cm³/mol. The Morgan fingerprint density at radius 2 is 1.78 bits per heavy atom. The first kappa shape index (κ1) is 18.4. The molecular weight excluding hydrogens is 382 g/mol. The van der Waals surface area contributed by atoms with Crippen molar-refractivity contribution >= 4 is 31.9 Å². The molecule has 0 saturated carbocycles. The van der Waals surface area contributed by atoms with E-state index in [1.807, 2.05) is 0 Å². The van der Waals surface area contributed by atoms with Crippen LogP contribution in [-0.4, -0.2) is 47.0 Å². The second-order valence-electron chi connectivity index (χ2n) is 5.66. The van der Waals surface area contributed by atoms with Gasteiger partial charge >= 0.3 is 0 Å². The van der Waals surface area contributed by atoms with Crippen LogP contribution in [0.3, 0.4) is 0 Å². The maximum atomic E-state index is 12.1. The van der Waals surface area contributed by atoms with Crippen molar-refractivity contribution in [3.63, 3.8) is 0 Å². The minimum atomic E-state index is -3.56.